The minimum absolute atomic E-state index is 0.0810. The number of benzene rings is 2. The monoisotopic (exact) mass is 611 g/mol. The molecule has 2 aromatic carbocycles. The maximum Gasteiger partial charge on any atom is 0.258 e. The Morgan fingerprint density at radius 1 is 1.05 bits per heavy atom. The van der Waals surface area contributed by atoms with Gasteiger partial charge in [-0.05, 0) is 37.4 Å². The SMILES string of the molecule is CN1CCN(c2ccc(C(=O)Nc3n[nH]c4c3CN(S(=O)(=O)c3cc(F)cc(F)c3)CC4)c(NCc3ncc[nH]3)c2)CC1. The van der Waals surface area contributed by atoms with E-state index in [0.29, 0.717) is 40.9 Å². The van der Waals surface area contributed by atoms with Crippen molar-refractivity contribution in [2.24, 2.45) is 0 Å². The van der Waals surface area contributed by atoms with Gasteiger partial charge in [-0.25, -0.2) is 22.2 Å². The molecule has 0 unspecified atom stereocenters. The number of nitrogens with zero attached hydrogens (tertiary/aromatic N) is 5. The van der Waals surface area contributed by atoms with Crippen molar-refractivity contribution < 1.29 is 22.0 Å². The van der Waals surface area contributed by atoms with Crippen molar-refractivity contribution in [3.8, 4) is 0 Å². The van der Waals surface area contributed by atoms with Gasteiger partial charge >= 0.3 is 0 Å². The first-order chi connectivity index (χ1) is 20.7. The van der Waals surface area contributed by atoms with Gasteiger partial charge in [0.1, 0.15) is 17.5 Å². The number of amides is 1. The third kappa shape index (κ3) is 6.09. The summed E-state index contributed by atoms with van der Waals surface area (Å²) in [7, 11) is -2.12. The Hall–Kier alpha value is -4.34. The molecule has 4 aromatic rings. The first-order valence-corrected chi connectivity index (χ1v) is 15.2. The van der Waals surface area contributed by atoms with Gasteiger partial charge in [-0.1, -0.05) is 0 Å². The molecule has 226 valence electrons. The predicted molar refractivity (Wildman–Crippen MR) is 156 cm³/mol. The average molecular weight is 612 g/mol. The number of piperazine rings is 1. The van der Waals surface area contributed by atoms with Crippen molar-refractivity contribution in [2.75, 3.05) is 55.3 Å². The second-order valence-electron chi connectivity index (χ2n) is 10.6. The van der Waals surface area contributed by atoms with Crippen LogP contribution in [0.2, 0.25) is 0 Å². The minimum atomic E-state index is -4.21. The van der Waals surface area contributed by atoms with Crippen LogP contribution in [0.1, 0.15) is 27.4 Å². The molecule has 0 spiro atoms. The maximum absolute atomic E-state index is 13.8. The summed E-state index contributed by atoms with van der Waals surface area (Å²) < 4.78 is 55.2. The first kappa shape index (κ1) is 28.8. The molecule has 0 atom stereocenters. The van der Waals surface area contributed by atoms with E-state index >= 15 is 0 Å². The fourth-order valence-corrected chi connectivity index (χ4v) is 6.74. The Labute approximate surface area is 247 Å². The molecule has 0 bridgehead atoms. The fourth-order valence-electron chi connectivity index (χ4n) is 5.29. The molecule has 43 heavy (non-hydrogen) atoms. The van der Waals surface area contributed by atoms with Crippen molar-refractivity contribution in [1.29, 1.82) is 0 Å². The van der Waals surface area contributed by atoms with Crippen LogP contribution in [0.5, 0.6) is 0 Å². The topological polar surface area (TPSA) is 142 Å². The van der Waals surface area contributed by atoms with Gasteiger partial charge in [0.25, 0.3) is 5.91 Å². The summed E-state index contributed by atoms with van der Waals surface area (Å²) in [4.78, 5) is 25.0. The highest BCUT2D eigenvalue weighted by atomic mass is 32.2. The van der Waals surface area contributed by atoms with Crippen LogP contribution in [0.25, 0.3) is 0 Å². The molecule has 0 radical (unpaired) electrons. The second-order valence-corrected chi connectivity index (χ2v) is 12.5. The Morgan fingerprint density at radius 2 is 1.81 bits per heavy atom. The Bertz CT molecular complexity index is 1720. The minimum Gasteiger partial charge on any atom is -0.377 e. The third-order valence-corrected chi connectivity index (χ3v) is 9.54. The number of imidazole rings is 1. The average Bonchev–Trinajstić information content (AvgIpc) is 3.66. The number of carbonyl (C=O) groups is 1. The lowest BCUT2D eigenvalue weighted by Gasteiger charge is -2.34. The van der Waals surface area contributed by atoms with Crippen LogP contribution in [0.3, 0.4) is 0 Å². The standard InChI is InChI=1S/C28H31F2N9O3S/c1-37-8-10-38(11-9-37)20-2-3-22(25(15-20)33-16-26-31-5-6-32-26)28(40)34-27-23-17-39(7-4-24(23)35-36-27)43(41,42)21-13-18(29)12-19(30)14-21/h2-3,5-6,12-15,33H,4,7-11,16-17H2,1H3,(H,31,32)(H2,34,35,36,40). The van der Waals surface area contributed by atoms with Gasteiger partial charge in [-0.15, -0.1) is 0 Å². The van der Waals surface area contributed by atoms with E-state index in [9.17, 15) is 22.0 Å². The quantitative estimate of drug-likeness (QED) is 0.238. The highest BCUT2D eigenvalue weighted by molar-refractivity contribution is 7.89. The lowest BCUT2D eigenvalue weighted by atomic mass is 10.1. The van der Waals surface area contributed by atoms with Crippen molar-refractivity contribution >= 4 is 33.1 Å². The second kappa shape index (κ2) is 11.7. The number of halogens is 2. The number of carbonyl (C=O) groups excluding carboxylic acids is 1. The highest BCUT2D eigenvalue weighted by Crippen LogP contribution is 2.30. The van der Waals surface area contributed by atoms with Crippen molar-refractivity contribution in [1.82, 2.24) is 29.4 Å². The number of H-pyrrole nitrogens is 2. The summed E-state index contributed by atoms with van der Waals surface area (Å²) in [6, 6.07) is 7.79. The van der Waals surface area contributed by atoms with Crippen LogP contribution in [0.4, 0.5) is 26.0 Å². The van der Waals surface area contributed by atoms with E-state index in [1.54, 1.807) is 18.5 Å². The number of anilines is 3. The van der Waals surface area contributed by atoms with Gasteiger partial charge in [0, 0.05) is 86.8 Å². The molecule has 1 fully saturated rings. The molecule has 4 N–H and O–H groups in total. The third-order valence-electron chi connectivity index (χ3n) is 7.72. The van der Waals surface area contributed by atoms with Gasteiger partial charge in [0.15, 0.2) is 5.82 Å². The summed E-state index contributed by atoms with van der Waals surface area (Å²) in [5, 5.41) is 13.3. The van der Waals surface area contributed by atoms with Gasteiger partial charge in [-0.2, -0.15) is 9.40 Å². The largest absolute Gasteiger partial charge is 0.377 e. The van der Waals surface area contributed by atoms with Crippen LogP contribution < -0.4 is 15.5 Å². The fraction of sp³-hybridized carbons (Fsp3) is 0.321. The van der Waals surface area contributed by atoms with E-state index < -0.39 is 32.5 Å². The molecule has 2 aromatic heterocycles. The molecule has 1 amide bonds. The zero-order chi connectivity index (χ0) is 30.1. The van der Waals surface area contributed by atoms with Crippen LogP contribution in [-0.2, 0) is 29.5 Å². The van der Waals surface area contributed by atoms with Gasteiger partial charge < -0.3 is 25.4 Å². The van der Waals surface area contributed by atoms with Crippen molar-refractivity contribution in [3.63, 3.8) is 0 Å². The van der Waals surface area contributed by atoms with Crippen molar-refractivity contribution in [3.05, 3.63) is 83.1 Å². The van der Waals surface area contributed by atoms with E-state index in [-0.39, 0.29) is 25.3 Å². The molecular weight excluding hydrogens is 580 g/mol. The molecule has 0 saturated carbocycles. The predicted octanol–water partition coefficient (Wildman–Crippen LogP) is 2.77. The zero-order valence-electron chi connectivity index (χ0n) is 23.4. The number of hydrogen-bond donors (Lipinski definition) is 4. The molecule has 4 heterocycles. The number of nitrogens with one attached hydrogen (secondary N) is 4. The molecule has 0 aliphatic carbocycles. The summed E-state index contributed by atoms with van der Waals surface area (Å²) in [6.07, 6.45) is 3.66. The van der Waals surface area contributed by atoms with Gasteiger partial charge in [0.2, 0.25) is 10.0 Å². The summed E-state index contributed by atoms with van der Waals surface area (Å²) in [6.45, 7) is 3.91. The molecule has 2 aliphatic rings. The van der Waals surface area contributed by atoms with E-state index in [2.05, 4.69) is 47.6 Å². The normalized spacial score (nSPS) is 16.2. The molecule has 12 nitrogen and oxygen atoms in total. The summed E-state index contributed by atoms with van der Waals surface area (Å²) >= 11 is 0. The van der Waals surface area contributed by atoms with Gasteiger partial charge in [0.05, 0.1) is 17.0 Å². The number of aromatic nitrogens is 4. The lowest BCUT2D eigenvalue weighted by molar-refractivity contribution is 0.102. The molecule has 1 saturated heterocycles. The number of rotatable bonds is 8. The Balaban J connectivity index is 1.24. The van der Waals surface area contributed by atoms with E-state index in [0.717, 1.165) is 48.3 Å². The van der Waals surface area contributed by atoms with Crippen LogP contribution in [0.15, 0.2) is 53.7 Å². The van der Waals surface area contributed by atoms with E-state index in [1.807, 2.05) is 12.1 Å². The maximum atomic E-state index is 13.8. The van der Waals surface area contributed by atoms with Crippen LogP contribution in [0, 0.1) is 11.6 Å². The Kier molecular flexibility index (Phi) is 7.85. The van der Waals surface area contributed by atoms with Crippen LogP contribution >= 0.6 is 0 Å². The van der Waals surface area contributed by atoms with E-state index in [4.69, 9.17) is 0 Å². The molecule has 2 aliphatic heterocycles. The molecular formula is C28H31F2N9O3S. The van der Waals surface area contributed by atoms with Crippen molar-refractivity contribution in [2.45, 2.75) is 24.4 Å². The van der Waals surface area contributed by atoms with Crippen LogP contribution in [-0.4, -0.2) is 83.5 Å². The highest BCUT2D eigenvalue weighted by Gasteiger charge is 2.32. The number of fused-ring (bicyclic) bond motifs is 1. The number of sulfonamides is 1. The smallest absolute Gasteiger partial charge is 0.258 e. The summed E-state index contributed by atoms with van der Waals surface area (Å²) in [5.41, 5.74) is 3.12. The van der Waals surface area contributed by atoms with E-state index in [1.165, 1.54) is 0 Å². The first-order valence-electron chi connectivity index (χ1n) is 13.8. The molecule has 15 heteroatoms. The lowest BCUT2D eigenvalue weighted by Crippen LogP contribution is -2.44. The van der Waals surface area contributed by atoms with Gasteiger partial charge in [-0.3, -0.25) is 9.89 Å². The Morgan fingerprint density at radius 3 is 2.53 bits per heavy atom. The summed E-state index contributed by atoms with van der Waals surface area (Å²) in [5.74, 6) is -1.51. The number of likely N-dealkylation sites (N-methyl/N-ethyl adjacent to an activating group) is 1. The number of aromatic amines is 2. The molecule has 6 rings (SSSR count). The number of hydrogen-bond acceptors (Lipinski definition) is 8. The zero-order valence-corrected chi connectivity index (χ0v) is 24.2.